The third kappa shape index (κ3) is 2.11. The molecule has 1 aliphatic carbocycles. The van der Waals surface area contributed by atoms with Gasteiger partial charge in [-0.1, -0.05) is 11.6 Å². The van der Waals surface area contributed by atoms with Crippen LogP contribution < -0.4 is 0 Å². The third-order valence-corrected chi connectivity index (χ3v) is 3.53. The summed E-state index contributed by atoms with van der Waals surface area (Å²) in [6, 6.07) is 1.98. The lowest BCUT2D eigenvalue weighted by atomic mass is 10.1. The summed E-state index contributed by atoms with van der Waals surface area (Å²) in [7, 11) is 0. The second-order valence-electron chi connectivity index (χ2n) is 4.60. The number of rotatable bonds is 4. The number of carbonyl (C=O) groups excluding carboxylic acids is 1. The number of hydrogen-bond acceptors (Lipinski definition) is 1. The highest BCUT2D eigenvalue weighted by molar-refractivity contribution is 5.77. The van der Waals surface area contributed by atoms with Crippen molar-refractivity contribution in [2.45, 2.75) is 46.1 Å². The van der Waals surface area contributed by atoms with Gasteiger partial charge in [-0.05, 0) is 45.6 Å². The molecule has 0 unspecified atom stereocenters. The summed E-state index contributed by atoms with van der Waals surface area (Å²) < 4.78 is 2.25. The minimum Gasteiger partial charge on any atom is -0.348 e. The molecular weight excluding hydrogens is 198 g/mol. The van der Waals surface area contributed by atoms with Crippen molar-refractivity contribution in [3.8, 4) is 0 Å². The molecule has 0 aromatic carbocycles. The highest BCUT2D eigenvalue weighted by atomic mass is 16.1. The van der Waals surface area contributed by atoms with Gasteiger partial charge in [-0.25, -0.2) is 0 Å². The minimum atomic E-state index is 0.831. The Balaban J connectivity index is 2.08. The lowest BCUT2D eigenvalue weighted by molar-refractivity contribution is 0.112. The predicted octanol–water partition coefficient (Wildman–Crippen LogP) is 3.42. The molecule has 86 valence electrons. The van der Waals surface area contributed by atoms with Crippen LogP contribution in [-0.2, 0) is 6.54 Å². The van der Waals surface area contributed by atoms with E-state index in [0.717, 1.165) is 30.5 Å². The molecule has 0 N–H and O–H groups in total. The zero-order valence-corrected chi connectivity index (χ0v) is 10.1. The van der Waals surface area contributed by atoms with Crippen molar-refractivity contribution in [2.24, 2.45) is 0 Å². The van der Waals surface area contributed by atoms with Gasteiger partial charge in [0.05, 0.1) is 0 Å². The van der Waals surface area contributed by atoms with Crippen molar-refractivity contribution in [3.63, 3.8) is 0 Å². The molecule has 1 aliphatic rings. The number of aldehydes is 1. The molecule has 1 aromatic heterocycles. The van der Waals surface area contributed by atoms with Crippen LogP contribution in [0.2, 0.25) is 0 Å². The number of hydrogen-bond donors (Lipinski definition) is 0. The average Bonchev–Trinajstić information content (AvgIpc) is 2.86. The number of aromatic nitrogens is 1. The fraction of sp³-hybridized carbons (Fsp3) is 0.500. The highest BCUT2D eigenvalue weighted by Crippen LogP contribution is 2.22. The van der Waals surface area contributed by atoms with Crippen molar-refractivity contribution in [1.29, 1.82) is 0 Å². The monoisotopic (exact) mass is 217 g/mol. The molecule has 0 aliphatic heterocycles. The molecule has 0 radical (unpaired) electrons. The first kappa shape index (κ1) is 11.2. The van der Waals surface area contributed by atoms with Crippen molar-refractivity contribution < 1.29 is 4.79 Å². The summed E-state index contributed by atoms with van der Waals surface area (Å²) >= 11 is 0. The number of allylic oxidation sites excluding steroid dienone is 2. The topological polar surface area (TPSA) is 22.0 Å². The molecule has 1 aromatic rings. The van der Waals surface area contributed by atoms with E-state index < -0.39 is 0 Å². The number of aryl methyl sites for hydroxylation is 1. The quantitative estimate of drug-likeness (QED) is 0.559. The van der Waals surface area contributed by atoms with Gasteiger partial charge < -0.3 is 4.57 Å². The molecule has 2 heteroatoms. The van der Waals surface area contributed by atoms with Gasteiger partial charge in [-0.3, -0.25) is 4.79 Å². The molecule has 0 amide bonds. The molecule has 0 saturated carbocycles. The fourth-order valence-electron chi connectivity index (χ4n) is 2.51. The van der Waals surface area contributed by atoms with E-state index in [-0.39, 0.29) is 0 Å². The maximum Gasteiger partial charge on any atom is 0.151 e. The molecule has 2 nitrogen and oxygen atoms in total. The maximum absolute atomic E-state index is 10.8. The Morgan fingerprint density at radius 3 is 2.81 bits per heavy atom. The van der Waals surface area contributed by atoms with E-state index in [2.05, 4.69) is 17.6 Å². The first-order valence-electron chi connectivity index (χ1n) is 6.02. The Morgan fingerprint density at radius 1 is 1.44 bits per heavy atom. The van der Waals surface area contributed by atoms with Crippen LogP contribution in [0.15, 0.2) is 17.7 Å². The summed E-state index contributed by atoms with van der Waals surface area (Å²) in [5.41, 5.74) is 4.71. The molecule has 1 heterocycles. The van der Waals surface area contributed by atoms with E-state index in [1.807, 2.05) is 13.0 Å². The van der Waals surface area contributed by atoms with Crippen LogP contribution >= 0.6 is 0 Å². The van der Waals surface area contributed by atoms with E-state index in [1.165, 1.54) is 25.0 Å². The van der Waals surface area contributed by atoms with Gasteiger partial charge >= 0.3 is 0 Å². The van der Waals surface area contributed by atoms with Crippen LogP contribution in [0.5, 0.6) is 0 Å². The molecule has 0 saturated heterocycles. The van der Waals surface area contributed by atoms with E-state index in [1.54, 1.807) is 5.57 Å². The van der Waals surface area contributed by atoms with Crippen molar-refractivity contribution in [1.82, 2.24) is 4.57 Å². The summed E-state index contributed by atoms with van der Waals surface area (Å²) in [5.74, 6) is 0. The van der Waals surface area contributed by atoms with Gasteiger partial charge in [0, 0.05) is 23.5 Å². The average molecular weight is 217 g/mol. The molecule has 0 spiro atoms. The zero-order valence-electron chi connectivity index (χ0n) is 10.1. The smallest absolute Gasteiger partial charge is 0.151 e. The second-order valence-corrected chi connectivity index (χ2v) is 4.60. The van der Waals surface area contributed by atoms with E-state index >= 15 is 0 Å². The van der Waals surface area contributed by atoms with Gasteiger partial charge in [0.15, 0.2) is 6.29 Å². The fourth-order valence-corrected chi connectivity index (χ4v) is 2.51. The zero-order chi connectivity index (χ0) is 11.5. The molecular formula is C14H19NO. The van der Waals surface area contributed by atoms with Crippen LogP contribution in [-0.4, -0.2) is 10.9 Å². The van der Waals surface area contributed by atoms with Gasteiger partial charge in [0.2, 0.25) is 0 Å². The highest BCUT2D eigenvalue weighted by Gasteiger charge is 2.09. The van der Waals surface area contributed by atoms with E-state index in [9.17, 15) is 4.79 Å². The Hall–Kier alpha value is -1.31. The van der Waals surface area contributed by atoms with Crippen LogP contribution in [0.25, 0.3) is 0 Å². The Bertz CT molecular complexity index is 426. The number of nitrogens with zero attached hydrogens (tertiary/aromatic N) is 1. The predicted molar refractivity (Wildman–Crippen MR) is 65.8 cm³/mol. The maximum atomic E-state index is 10.8. The molecule has 0 bridgehead atoms. The normalized spacial score (nSPS) is 15.2. The van der Waals surface area contributed by atoms with Crippen molar-refractivity contribution >= 4 is 6.29 Å². The Kier molecular flexibility index (Phi) is 3.28. The van der Waals surface area contributed by atoms with Gasteiger partial charge in [-0.15, -0.1) is 0 Å². The van der Waals surface area contributed by atoms with Crippen LogP contribution in [0.4, 0.5) is 0 Å². The van der Waals surface area contributed by atoms with Gasteiger partial charge in [-0.2, -0.15) is 0 Å². The second kappa shape index (κ2) is 4.69. The van der Waals surface area contributed by atoms with Crippen LogP contribution in [0.1, 0.15) is 47.4 Å². The number of carbonyl (C=O) groups is 1. The summed E-state index contributed by atoms with van der Waals surface area (Å²) in [6.07, 6.45) is 8.29. The Morgan fingerprint density at radius 2 is 2.25 bits per heavy atom. The van der Waals surface area contributed by atoms with Crippen LogP contribution in [0, 0.1) is 13.8 Å². The molecule has 0 atom stereocenters. The summed E-state index contributed by atoms with van der Waals surface area (Å²) in [5, 5.41) is 0. The standard InChI is InChI=1S/C14H19NO/c1-11-9-14(10-16)12(2)15(11)8-7-13-5-3-4-6-13/h5,9-10H,3-4,6-8H2,1-2H3. The first-order chi connectivity index (χ1) is 7.72. The lowest BCUT2D eigenvalue weighted by Gasteiger charge is -2.09. The van der Waals surface area contributed by atoms with Crippen molar-refractivity contribution in [2.75, 3.05) is 0 Å². The van der Waals surface area contributed by atoms with Crippen molar-refractivity contribution in [3.05, 3.63) is 34.7 Å². The molecule has 16 heavy (non-hydrogen) atoms. The summed E-state index contributed by atoms with van der Waals surface area (Å²) in [4.78, 5) is 10.8. The minimum absolute atomic E-state index is 0.831. The van der Waals surface area contributed by atoms with E-state index in [4.69, 9.17) is 0 Å². The Labute approximate surface area is 97.0 Å². The largest absolute Gasteiger partial charge is 0.348 e. The SMILES string of the molecule is Cc1cc(C=O)c(C)n1CCC1=CCCC1. The van der Waals surface area contributed by atoms with Crippen LogP contribution in [0.3, 0.4) is 0 Å². The van der Waals surface area contributed by atoms with E-state index in [0.29, 0.717) is 0 Å². The van der Waals surface area contributed by atoms with Gasteiger partial charge in [0.1, 0.15) is 0 Å². The third-order valence-electron chi connectivity index (χ3n) is 3.53. The van der Waals surface area contributed by atoms with Gasteiger partial charge in [0.25, 0.3) is 0 Å². The lowest BCUT2D eigenvalue weighted by Crippen LogP contribution is -2.03. The first-order valence-corrected chi connectivity index (χ1v) is 6.02. The molecule has 2 rings (SSSR count). The molecule has 0 fully saturated rings. The summed E-state index contributed by atoms with van der Waals surface area (Å²) in [6.45, 7) is 5.11.